The number of rotatable bonds is 7. The molecule has 1 spiro atoms. The quantitative estimate of drug-likeness (QED) is 0.611. The molecule has 3 fully saturated rings. The zero-order chi connectivity index (χ0) is 24.3. The van der Waals surface area contributed by atoms with Crippen LogP contribution in [0.1, 0.15) is 39.0 Å². The number of aliphatic hydroxyl groups is 1. The van der Waals surface area contributed by atoms with Gasteiger partial charge in [-0.2, -0.15) is 0 Å². The van der Waals surface area contributed by atoms with E-state index >= 15 is 0 Å². The van der Waals surface area contributed by atoms with Crippen LogP contribution in [-0.2, 0) is 9.53 Å². The number of halogens is 1. The standard InChI is InChI=1S/C25H37ClN4O4/c1-18-15-30(21(17-34-2)6-11-28-13-10-25(8-9-25)22(31)16-28)23(32)7-12-29(18)24(33)27-20-5-3-4-19(26)14-20/h3-5,14,18,21-22,31H,6-13,15-17H2,1-2H3,(H,27,33). The van der Waals surface area contributed by atoms with E-state index in [1.807, 2.05) is 11.8 Å². The summed E-state index contributed by atoms with van der Waals surface area (Å²) in [4.78, 5) is 32.0. The number of amides is 3. The van der Waals surface area contributed by atoms with Gasteiger partial charge in [-0.3, -0.25) is 4.79 Å². The number of aliphatic hydroxyl groups excluding tert-OH is 1. The molecule has 0 aromatic heterocycles. The summed E-state index contributed by atoms with van der Waals surface area (Å²) in [6, 6.07) is 6.60. The molecule has 3 atom stereocenters. The topological polar surface area (TPSA) is 85.3 Å². The van der Waals surface area contributed by atoms with Crippen molar-refractivity contribution >= 4 is 29.2 Å². The molecular formula is C25H37ClN4O4. The highest BCUT2D eigenvalue weighted by Crippen LogP contribution is 2.53. The molecule has 4 rings (SSSR count). The van der Waals surface area contributed by atoms with Crippen LogP contribution in [0.15, 0.2) is 24.3 Å². The number of anilines is 1. The van der Waals surface area contributed by atoms with Gasteiger partial charge in [-0.15, -0.1) is 0 Å². The molecular weight excluding hydrogens is 456 g/mol. The fourth-order valence-electron chi connectivity index (χ4n) is 5.36. The lowest BCUT2D eigenvalue weighted by molar-refractivity contribution is -0.134. The van der Waals surface area contributed by atoms with Gasteiger partial charge >= 0.3 is 6.03 Å². The lowest BCUT2D eigenvalue weighted by Crippen LogP contribution is -2.50. The van der Waals surface area contributed by atoms with Crippen LogP contribution in [-0.4, -0.2) is 96.4 Å². The van der Waals surface area contributed by atoms with Gasteiger partial charge in [0, 0.05) is 56.5 Å². The van der Waals surface area contributed by atoms with Crippen LogP contribution in [0.4, 0.5) is 10.5 Å². The van der Waals surface area contributed by atoms with E-state index in [1.54, 1.807) is 36.3 Å². The maximum Gasteiger partial charge on any atom is 0.322 e. The molecule has 3 unspecified atom stereocenters. The highest BCUT2D eigenvalue weighted by molar-refractivity contribution is 6.30. The van der Waals surface area contributed by atoms with Crippen molar-refractivity contribution in [1.29, 1.82) is 0 Å². The second kappa shape index (κ2) is 10.8. The van der Waals surface area contributed by atoms with Gasteiger partial charge in [-0.05, 0) is 62.8 Å². The number of β-amino-alcohol motifs (C(OH)–C–C–N with tert-alkyl or cyclic N) is 1. The summed E-state index contributed by atoms with van der Waals surface area (Å²) in [6.45, 7) is 5.78. The van der Waals surface area contributed by atoms with Crippen LogP contribution in [0.3, 0.4) is 0 Å². The summed E-state index contributed by atoms with van der Waals surface area (Å²) < 4.78 is 5.48. The maximum absolute atomic E-state index is 13.1. The van der Waals surface area contributed by atoms with Crippen molar-refractivity contribution in [2.75, 3.05) is 51.8 Å². The van der Waals surface area contributed by atoms with E-state index < -0.39 is 0 Å². The summed E-state index contributed by atoms with van der Waals surface area (Å²) in [5.41, 5.74) is 0.819. The van der Waals surface area contributed by atoms with E-state index in [9.17, 15) is 14.7 Å². The van der Waals surface area contributed by atoms with Crippen LogP contribution in [0.5, 0.6) is 0 Å². The van der Waals surface area contributed by atoms with E-state index in [0.29, 0.717) is 37.0 Å². The van der Waals surface area contributed by atoms with Crippen molar-refractivity contribution in [1.82, 2.24) is 14.7 Å². The number of likely N-dealkylation sites (tertiary alicyclic amines) is 1. The Hall–Kier alpha value is -1.87. The Kier molecular flexibility index (Phi) is 8.02. The number of hydrogen-bond donors (Lipinski definition) is 2. The van der Waals surface area contributed by atoms with Crippen molar-refractivity contribution in [2.45, 2.75) is 57.2 Å². The molecule has 1 saturated carbocycles. The third-order valence-electron chi connectivity index (χ3n) is 7.75. The lowest BCUT2D eigenvalue weighted by Gasteiger charge is -2.38. The van der Waals surface area contributed by atoms with E-state index in [4.69, 9.17) is 16.3 Å². The molecule has 1 aromatic carbocycles. The van der Waals surface area contributed by atoms with Crippen LogP contribution in [0, 0.1) is 5.41 Å². The molecule has 2 saturated heterocycles. The minimum absolute atomic E-state index is 0.0440. The number of nitrogens with one attached hydrogen (secondary N) is 1. The zero-order valence-corrected chi connectivity index (χ0v) is 21.0. The fraction of sp³-hybridized carbons (Fsp3) is 0.680. The average Bonchev–Trinajstić information content (AvgIpc) is 3.59. The summed E-state index contributed by atoms with van der Waals surface area (Å²) in [5.74, 6) is 0.0440. The highest BCUT2D eigenvalue weighted by Gasteiger charge is 2.51. The maximum atomic E-state index is 13.1. The molecule has 1 aromatic rings. The number of benzene rings is 1. The monoisotopic (exact) mass is 492 g/mol. The van der Waals surface area contributed by atoms with Gasteiger partial charge in [0.25, 0.3) is 0 Å². The number of piperidine rings is 1. The molecule has 2 heterocycles. The third kappa shape index (κ3) is 5.85. The summed E-state index contributed by atoms with van der Waals surface area (Å²) >= 11 is 6.04. The van der Waals surface area contributed by atoms with Crippen molar-refractivity contribution in [2.24, 2.45) is 5.41 Å². The first kappa shape index (κ1) is 25.2. The second-order valence-electron chi connectivity index (χ2n) is 10.1. The number of methoxy groups -OCH3 is 1. The van der Waals surface area contributed by atoms with Gasteiger partial charge in [-0.25, -0.2) is 4.79 Å². The molecule has 188 valence electrons. The first-order chi connectivity index (χ1) is 16.3. The minimum Gasteiger partial charge on any atom is -0.391 e. The molecule has 1 aliphatic carbocycles. The Bertz CT molecular complexity index is 880. The van der Waals surface area contributed by atoms with Gasteiger partial charge in [0.15, 0.2) is 0 Å². The van der Waals surface area contributed by atoms with Crippen molar-refractivity contribution in [3.05, 3.63) is 29.3 Å². The zero-order valence-electron chi connectivity index (χ0n) is 20.2. The fourth-order valence-corrected chi connectivity index (χ4v) is 5.55. The number of carbonyl (C=O) groups is 2. The molecule has 8 nitrogen and oxygen atoms in total. The van der Waals surface area contributed by atoms with Gasteiger partial charge in [0.1, 0.15) is 0 Å². The Morgan fingerprint density at radius 1 is 1.29 bits per heavy atom. The number of nitrogens with zero attached hydrogens (tertiary/aromatic N) is 3. The summed E-state index contributed by atoms with van der Waals surface area (Å²) in [5, 5.41) is 14.0. The normalized spacial score (nSPS) is 25.8. The molecule has 0 radical (unpaired) electrons. The first-order valence-electron chi connectivity index (χ1n) is 12.3. The summed E-state index contributed by atoms with van der Waals surface area (Å²) in [6.07, 6.45) is 4.17. The van der Waals surface area contributed by atoms with Gasteiger partial charge in [0.2, 0.25) is 5.91 Å². The van der Waals surface area contributed by atoms with E-state index in [0.717, 1.165) is 38.8 Å². The number of hydrogen-bond acceptors (Lipinski definition) is 5. The molecule has 2 N–H and O–H groups in total. The van der Waals surface area contributed by atoms with E-state index in [1.165, 1.54) is 0 Å². The van der Waals surface area contributed by atoms with Crippen molar-refractivity contribution in [3.63, 3.8) is 0 Å². The largest absolute Gasteiger partial charge is 0.391 e. The van der Waals surface area contributed by atoms with Gasteiger partial charge < -0.3 is 29.9 Å². The SMILES string of the molecule is COCC(CCN1CCC2(CC2)C(O)C1)N1CC(C)N(C(=O)Nc2cccc(Cl)c2)CCC1=O. The highest BCUT2D eigenvalue weighted by atomic mass is 35.5. The first-order valence-corrected chi connectivity index (χ1v) is 12.7. The molecule has 3 amide bonds. The van der Waals surface area contributed by atoms with Crippen molar-refractivity contribution in [3.8, 4) is 0 Å². The van der Waals surface area contributed by atoms with Crippen LogP contribution >= 0.6 is 11.6 Å². The second-order valence-corrected chi connectivity index (χ2v) is 10.5. The predicted octanol–water partition coefficient (Wildman–Crippen LogP) is 3.05. The Labute approximate surface area is 207 Å². The lowest BCUT2D eigenvalue weighted by atomic mass is 9.90. The van der Waals surface area contributed by atoms with Crippen LogP contribution < -0.4 is 5.32 Å². The molecule has 3 aliphatic rings. The minimum atomic E-state index is -0.242. The predicted molar refractivity (Wildman–Crippen MR) is 132 cm³/mol. The number of ether oxygens (including phenoxy) is 1. The van der Waals surface area contributed by atoms with Gasteiger partial charge in [-0.1, -0.05) is 17.7 Å². The Morgan fingerprint density at radius 2 is 2.09 bits per heavy atom. The molecule has 2 aliphatic heterocycles. The number of urea groups is 1. The van der Waals surface area contributed by atoms with Crippen LogP contribution in [0.25, 0.3) is 0 Å². The third-order valence-corrected chi connectivity index (χ3v) is 7.99. The molecule has 34 heavy (non-hydrogen) atoms. The smallest absolute Gasteiger partial charge is 0.322 e. The number of carbonyl (C=O) groups excluding carboxylic acids is 2. The van der Waals surface area contributed by atoms with E-state index in [2.05, 4.69) is 10.2 Å². The Balaban J connectivity index is 1.35. The van der Waals surface area contributed by atoms with Gasteiger partial charge in [0.05, 0.1) is 18.8 Å². The molecule has 9 heteroatoms. The average molecular weight is 493 g/mol. The summed E-state index contributed by atoms with van der Waals surface area (Å²) in [7, 11) is 1.66. The Morgan fingerprint density at radius 3 is 2.76 bits per heavy atom. The van der Waals surface area contributed by atoms with E-state index in [-0.39, 0.29) is 42.0 Å². The van der Waals surface area contributed by atoms with Crippen molar-refractivity contribution < 1.29 is 19.4 Å². The molecule has 0 bridgehead atoms. The van der Waals surface area contributed by atoms with Crippen LogP contribution in [0.2, 0.25) is 5.02 Å².